The Hall–Kier alpha value is -0.940. The molecule has 96 valence electrons. The van der Waals surface area contributed by atoms with Crippen LogP contribution in [0.5, 0.6) is 0 Å². The molecule has 0 aromatic rings. The fourth-order valence-electron chi connectivity index (χ4n) is 2.17. The fourth-order valence-corrected chi connectivity index (χ4v) is 2.17. The Bertz CT molecular complexity index is 302. The average molecular weight is 240 g/mol. The summed E-state index contributed by atoms with van der Waals surface area (Å²) in [5.74, 6) is -0.0314. The third-order valence-electron chi connectivity index (χ3n) is 3.26. The van der Waals surface area contributed by atoms with Crippen LogP contribution < -0.4 is 5.32 Å². The van der Waals surface area contributed by atoms with Crippen LogP contribution in [0.25, 0.3) is 0 Å². The topological polar surface area (TPSA) is 58.6 Å². The Balaban J connectivity index is 1.71. The van der Waals surface area contributed by atoms with Crippen LogP contribution in [0.4, 0.5) is 0 Å². The summed E-state index contributed by atoms with van der Waals surface area (Å²) in [7, 11) is 1.68. The van der Waals surface area contributed by atoms with E-state index >= 15 is 0 Å². The highest BCUT2D eigenvalue weighted by molar-refractivity contribution is 6.06. The molecule has 1 saturated carbocycles. The van der Waals surface area contributed by atoms with E-state index in [0.717, 1.165) is 38.8 Å². The predicted molar refractivity (Wildman–Crippen MR) is 62.4 cm³/mol. The van der Waals surface area contributed by atoms with Crippen molar-refractivity contribution < 1.29 is 14.3 Å². The smallest absolute Gasteiger partial charge is 0.247 e. The Morgan fingerprint density at radius 3 is 2.76 bits per heavy atom. The molecule has 1 heterocycles. The molecule has 2 rings (SSSR count). The van der Waals surface area contributed by atoms with E-state index < -0.39 is 0 Å². The molecule has 1 unspecified atom stereocenters. The highest BCUT2D eigenvalue weighted by atomic mass is 16.5. The fraction of sp³-hybridized carbons (Fsp3) is 0.833. The first-order chi connectivity index (χ1) is 8.24. The maximum atomic E-state index is 11.9. The van der Waals surface area contributed by atoms with Crippen LogP contribution in [0, 0.1) is 0 Å². The molecule has 1 aliphatic heterocycles. The van der Waals surface area contributed by atoms with Gasteiger partial charge in [0.05, 0.1) is 12.5 Å². The van der Waals surface area contributed by atoms with Gasteiger partial charge in [-0.3, -0.25) is 14.5 Å². The van der Waals surface area contributed by atoms with E-state index in [4.69, 9.17) is 4.74 Å². The van der Waals surface area contributed by atoms with Gasteiger partial charge in [-0.15, -0.1) is 0 Å². The number of hydrogen-bond donors (Lipinski definition) is 1. The lowest BCUT2D eigenvalue weighted by molar-refractivity contribution is -0.139. The molecule has 0 aromatic heterocycles. The van der Waals surface area contributed by atoms with Crippen molar-refractivity contribution >= 4 is 11.8 Å². The maximum absolute atomic E-state index is 11.9. The minimum atomic E-state index is -0.286. The standard InChI is InChI=1S/C12H20N2O3/c1-17-7-3-2-6-13-10-8-11(15)14(12(10)16)9-4-5-9/h9-10,13H,2-8H2,1H3. The van der Waals surface area contributed by atoms with Crippen LogP contribution in [0.2, 0.25) is 0 Å². The average Bonchev–Trinajstić information content (AvgIpc) is 3.08. The van der Waals surface area contributed by atoms with Crippen LogP contribution in [0.1, 0.15) is 32.1 Å². The molecule has 0 radical (unpaired) electrons. The number of amides is 2. The first kappa shape index (κ1) is 12.5. The molecule has 1 atom stereocenters. The van der Waals surface area contributed by atoms with Crippen molar-refractivity contribution in [3.05, 3.63) is 0 Å². The highest BCUT2D eigenvalue weighted by Crippen LogP contribution is 2.31. The van der Waals surface area contributed by atoms with Crippen molar-refractivity contribution in [2.45, 2.75) is 44.2 Å². The molecule has 5 heteroatoms. The predicted octanol–water partition coefficient (Wildman–Crippen LogP) is 0.293. The summed E-state index contributed by atoms with van der Waals surface area (Å²) < 4.78 is 4.95. The number of imide groups is 1. The third-order valence-corrected chi connectivity index (χ3v) is 3.26. The normalized spacial score (nSPS) is 24.8. The zero-order chi connectivity index (χ0) is 12.3. The van der Waals surface area contributed by atoms with Gasteiger partial charge in [-0.25, -0.2) is 0 Å². The molecule has 1 saturated heterocycles. The minimum Gasteiger partial charge on any atom is -0.385 e. The summed E-state index contributed by atoms with van der Waals surface area (Å²) in [5.41, 5.74) is 0. The molecule has 0 spiro atoms. The van der Waals surface area contributed by atoms with Gasteiger partial charge in [0.25, 0.3) is 0 Å². The van der Waals surface area contributed by atoms with Crippen molar-refractivity contribution in [3.8, 4) is 0 Å². The summed E-state index contributed by atoms with van der Waals surface area (Å²) in [6.45, 7) is 1.51. The van der Waals surface area contributed by atoms with Gasteiger partial charge in [-0.2, -0.15) is 0 Å². The number of hydrogen-bond acceptors (Lipinski definition) is 4. The van der Waals surface area contributed by atoms with E-state index in [1.54, 1.807) is 7.11 Å². The summed E-state index contributed by atoms with van der Waals surface area (Å²) in [5, 5.41) is 3.17. The number of carbonyl (C=O) groups is 2. The molecule has 1 N–H and O–H groups in total. The van der Waals surface area contributed by atoms with Crippen molar-refractivity contribution in [2.75, 3.05) is 20.3 Å². The number of nitrogens with zero attached hydrogens (tertiary/aromatic N) is 1. The van der Waals surface area contributed by atoms with Crippen molar-refractivity contribution in [1.29, 1.82) is 0 Å². The Morgan fingerprint density at radius 1 is 1.35 bits per heavy atom. The van der Waals surface area contributed by atoms with Gasteiger partial charge < -0.3 is 10.1 Å². The van der Waals surface area contributed by atoms with E-state index in [0.29, 0.717) is 6.42 Å². The van der Waals surface area contributed by atoms with Crippen LogP contribution in [-0.2, 0) is 14.3 Å². The summed E-state index contributed by atoms with van der Waals surface area (Å²) in [6, 6.07) is -0.0825. The molecule has 2 aliphatic rings. The second-order valence-electron chi connectivity index (χ2n) is 4.74. The number of likely N-dealkylation sites (tertiary alicyclic amines) is 1. The molecule has 1 aliphatic carbocycles. The van der Waals surface area contributed by atoms with Crippen molar-refractivity contribution in [2.24, 2.45) is 0 Å². The van der Waals surface area contributed by atoms with Crippen molar-refractivity contribution in [1.82, 2.24) is 10.2 Å². The second kappa shape index (κ2) is 5.60. The lowest BCUT2D eigenvalue weighted by atomic mass is 10.2. The van der Waals surface area contributed by atoms with E-state index in [2.05, 4.69) is 5.32 Å². The van der Waals surface area contributed by atoms with Gasteiger partial charge in [-0.1, -0.05) is 0 Å². The Morgan fingerprint density at radius 2 is 2.12 bits per heavy atom. The maximum Gasteiger partial charge on any atom is 0.247 e. The van der Waals surface area contributed by atoms with Gasteiger partial charge >= 0.3 is 0 Å². The van der Waals surface area contributed by atoms with Gasteiger partial charge in [0, 0.05) is 19.8 Å². The number of unbranched alkanes of at least 4 members (excludes halogenated alkanes) is 1. The van der Waals surface area contributed by atoms with E-state index in [1.165, 1.54) is 4.90 Å². The van der Waals surface area contributed by atoms with Gasteiger partial charge in [0.1, 0.15) is 0 Å². The molecule has 2 amide bonds. The molecule has 0 aromatic carbocycles. The Labute approximate surface area is 101 Å². The van der Waals surface area contributed by atoms with Crippen LogP contribution >= 0.6 is 0 Å². The SMILES string of the molecule is COCCCCNC1CC(=O)N(C2CC2)C1=O. The number of methoxy groups -OCH3 is 1. The summed E-state index contributed by atoms with van der Waals surface area (Å²) in [4.78, 5) is 25.1. The van der Waals surface area contributed by atoms with Gasteiger partial charge in [-0.05, 0) is 32.2 Å². The van der Waals surface area contributed by atoms with E-state index in [-0.39, 0.29) is 23.9 Å². The first-order valence-corrected chi connectivity index (χ1v) is 6.32. The van der Waals surface area contributed by atoms with Gasteiger partial charge in [0.2, 0.25) is 11.8 Å². The minimum absolute atomic E-state index is 0.00751. The highest BCUT2D eigenvalue weighted by Gasteiger charge is 2.45. The lowest BCUT2D eigenvalue weighted by Crippen LogP contribution is -2.40. The van der Waals surface area contributed by atoms with E-state index in [1.807, 2.05) is 0 Å². The Kier molecular flexibility index (Phi) is 4.12. The first-order valence-electron chi connectivity index (χ1n) is 6.32. The monoisotopic (exact) mass is 240 g/mol. The number of nitrogens with one attached hydrogen (secondary N) is 1. The largest absolute Gasteiger partial charge is 0.385 e. The summed E-state index contributed by atoms with van der Waals surface area (Å²) in [6.07, 6.45) is 4.25. The van der Waals surface area contributed by atoms with Crippen LogP contribution in [0.3, 0.4) is 0 Å². The molecule has 2 fully saturated rings. The van der Waals surface area contributed by atoms with Crippen molar-refractivity contribution in [3.63, 3.8) is 0 Å². The van der Waals surface area contributed by atoms with Crippen LogP contribution in [-0.4, -0.2) is 49.1 Å². The molecule has 5 nitrogen and oxygen atoms in total. The molecular weight excluding hydrogens is 220 g/mol. The molecular formula is C12H20N2O3. The second-order valence-corrected chi connectivity index (χ2v) is 4.74. The third kappa shape index (κ3) is 3.04. The zero-order valence-corrected chi connectivity index (χ0v) is 10.3. The van der Waals surface area contributed by atoms with Gasteiger partial charge in [0.15, 0.2) is 0 Å². The summed E-state index contributed by atoms with van der Waals surface area (Å²) >= 11 is 0. The number of carbonyl (C=O) groups excluding carboxylic acids is 2. The number of ether oxygens (including phenoxy) is 1. The number of rotatable bonds is 7. The quantitative estimate of drug-likeness (QED) is 0.513. The molecule has 0 bridgehead atoms. The van der Waals surface area contributed by atoms with Crippen LogP contribution in [0.15, 0.2) is 0 Å². The molecule has 17 heavy (non-hydrogen) atoms. The lowest BCUT2D eigenvalue weighted by Gasteiger charge is -2.14. The van der Waals surface area contributed by atoms with E-state index in [9.17, 15) is 9.59 Å². The zero-order valence-electron chi connectivity index (χ0n) is 10.3.